The molecule has 0 aromatic rings. The Balaban J connectivity index is 1.62. The number of amides is 1. The highest BCUT2D eigenvalue weighted by Crippen LogP contribution is 2.17. The van der Waals surface area contributed by atoms with Crippen LogP contribution in [0.2, 0.25) is 0 Å². The Morgan fingerprint density at radius 3 is 2.52 bits per heavy atom. The van der Waals surface area contributed by atoms with Crippen molar-refractivity contribution in [1.29, 1.82) is 0 Å². The molecule has 2 saturated heterocycles. The van der Waals surface area contributed by atoms with Gasteiger partial charge in [0.15, 0.2) is 0 Å². The van der Waals surface area contributed by atoms with Crippen LogP contribution in [-0.2, 0) is 9.59 Å². The van der Waals surface area contributed by atoms with E-state index >= 15 is 0 Å². The standard InChI is InChI=1S/C15H27N3O3/c19-14(4-3-13-2-1-6-16-12-13)18-10-8-17(9-11-18)7-5-15(20)21/h13,16H,1-12H2,(H,20,21). The lowest BCUT2D eigenvalue weighted by atomic mass is 9.94. The van der Waals surface area contributed by atoms with Gasteiger partial charge < -0.3 is 15.3 Å². The number of piperidine rings is 1. The second kappa shape index (κ2) is 8.34. The SMILES string of the molecule is O=C(O)CCN1CCN(C(=O)CCC2CCCNC2)CC1. The monoisotopic (exact) mass is 297 g/mol. The fourth-order valence-corrected chi connectivity index (χ4v) is 3.13. The smallest absolute Gasteiger partial charge is 0.304 e. The summed E-state index contributed by atoms with van der Waals surface area (Å²) in [6.45, 7) is 5.82. The average Bonchev–Trinajstić information content (AvgIpc) is 2.52. The van der Waals surface area contributed by atoms with E-state index in [2.05, 4.69) is 10.2 Å². The zero-order chi connectivity index (χ0) is 15.1. The highest BCUT2D eigenvalue weighted by atomic mass is 16.4. The molecule has 0 saturated carbocycles. The summed E-state index contributed by atoms with van der Waals surface area (Å²) < 4.78 is 0. The maximum atomic E-state index is 12.2. The Morgan fingerprint density at radius 2 is 1.90 bits per heavy atom. The number of piperazine rings is 1. The molecule has 2 aliphatic rings. The van der Waals surface area contributed by atoms with Gasteiger partial charge in [-0.25, -0.2) is 0 Å². The first-order chi connectivity index (χ1) is 10.1. The van der Waals surface area contributed by atoms with Gasteiger partial charge in [0.05, 0.1) is 6.42 Å². The lowest BCUT2D eigenvalue weighted by Gasteiger charge is -2.35. The van der Waals surface area contributed by atoms with E-state index in [9.17, 15) is 9.59 Å². The van der Waals surface area contributed by atoms with Crippen LogP contribution in [0.1, 0.15) is 32.1 Å². The molecular weight excluding hydrogens is 270 g/mol. The summed E-state index contributed by atoms with van der Waals surface area (Å²) in [7, 11) is 0. The molecule has 21 heavy (non-hydrogen) atoms. The first kappa shape index (κ1) is 16.2. The summed E-state index contributed by atoms with van der Waals surface area (Å²) in [4.78, 5) is 26.8. The molecule has 1 amide bonds. The van der Waals surface area contributed by atoms with Crippen LogP contribution in [0.5, 0.6) is 0 Å². The van der Waals surface area contributed by atoms with Gasteiger partial charge in [0.2, 0.25) is 5.91 Å². The van der Waals surface area contributed by atoms with Gasteiger partial charge >= 0.3 is 5.97 Å². The average molecular weight is 297 g/mol. The molecule has 120 valence electrons. The molecule has 6 nitrogen and oxygen atoms in total. The number of carbonyl (C=O) groups is 2. The molecule has 1 unspecified atom stereocenters. The van der Waals surface area contributed by atoms with Crippen LogP contribution in [0.15, 0.2) is 0 Å². The molecule has 0 aromatic heterocycles. The molecule has 2 heterocycles. The van der Waals surface area contributed by atoms with Gasteiger partial charge in [0, 0.05) is 39.1 Å². The Bertz CT molecular complexity index is 348. The zero-order valence-electron chi connectivity index (χ0n) is 12.7. The molecule has 2 N–H and O–H groups in total. The van der Waals surface area contributed by atoms with Crippen molar-refractivity contribution < 1.29 is 14.7 Å². The van der Waals surface area contributed by atoms with Crippen molar-refractivity contribution in [2.45, 2.75) is 32.1 Å². The van der Waals surface area contributed by atoms with E-state index < -0.39 is 5.97 Å². The van der Waals surface area contributed by atoms with Gasteiger partial charge in [0.25, 0.3) is 0 Å². The Kier molecular flexibility index (Phi) is 6.45. The van der Waals surface area contributed by atoms with Crippen LogP contribution in [0.3, 0.4) is 0 Å². The lowest BCUT2D eigenvalue weighted by molar-refractivity contribution is -0.138. The van der Waals surface area contributed by atoms with Crippen LogP contribution in [0, 0.1) is 5.92 Å². The number of hydrogen-bond acceptors (Lipinski definition) is 4. The van der Waals surface area contributed by atoms with E-state index in [-0.39, 0.29) is 12.3 Å². The van der Waals surface area contributed by atoms with Gasteiger partial charge in [-0.2, -0.15) is 0 Å². The maximum absolute atomic E-state index is 12.2. The minimum Gasteiger partial charge on any atom is -0.481 e. The third-order valence-electron chi connectivity index (χ3n) is 4.53. The lowest BCUT2D eigenvalue weighted by Crippen LogP contribution is -2.49. The number of carbonyl (C=O) groups excluding carboxylic acids is 1. The van der Waals surface area contributed by atoms with Gasteiger partial charge in [-0.1, -0.05) is 0 Å². The molecule has 6 heteroatoms. The summed E-state index contributed by atoms with van der Waals surface area (Å²) >= 11 is 0. The molecule has 0 aromatic carbocycles. The molecule has 2 fully saturated rings. The Morgan fingerprint density at radius 1 is 1.14 bits per heavy atom. The van der Waals surface area contributed by atoms with Gasteiger partial charge in [0.1, 0.15) is 0 Å². The Labute approximate surface area is 126 Å². The van der Waals surface area contributed by atoms with Crippen molar-refractivity contribution in [2.75, 3.05) is 45.8 Å². The number of rotatable bonds is 6. The van der Waals surface area contributed by atoms with Crippen molar-refractivity contribution in [3.05, 3.63) is 0 Å². The number of nitrogens with one attached hydrogen (secondary N) is 1. The summed E-state index contributed by atoms with van der Waals surface area (Å²) in [6.07, 6.45) is 4.29. The zero-order valence-corrected chi connectivity index (χ0v) is 12.7. The van der Waals surface area contributed by atoms with Crippen molar-refractivity contribution in [1.82, 2.24) is 15.1 Å². The van der Waals surface area contributed by atoms with Crippen molar-refractivity contribution in [3.63, 3.8) is 0 Å². The number of carboxylic acid groups (broad SMARTS) is 1. The van der Waals surface area contributed by atoms with Gasteiger partial charge in [-0.05, 0) is 38.3 Å². The van der Waals surface area contributed by atoms with Crippen LogP contribution >= 0.6 is 0 Å². The number of nitrogens with zero attached hydrogens (tertiary/aromatic N) is 2. The fourth-order valence-electron chi connectivity index (χ4n) is 3.13. The van der Waals surface area contributed by atoms with Gasteiger partial charge in [-0.15, -0.1) is 0 Å². The van der Waals surface area contributed by atoms with Crippen LogP contribution in [-0.4, -0.2) is 72.6 Å². The molecule has 0 aliphatic carbocycles. The predicted octanol–water partition coefficient (Wildman–Crippen LogP) is 0.385. The van der Waals surface area contributed by atoms with Crippen LogP contribution in [0.25, 0.3) is 0 Å². The van der Waals surface area contributed by atoms with Crippen molar-refractivity contribution in [3.8, 4) is 0 Å². The largest absolute Gasteiger partial charge is 0.481 e. The number of aliphatic carboxylic acids is 1. The minimum atomic E-state index is -0.755. The first-order valence-electron chi connectivity index (χ1n) is 8.08. The maximum Gasteiger partial charge on any atom is 0.304 e. The van der Waals surface area contributed by atoms with E-state index in [0.717, 1.165) is 45.7 Å². The Hall–Kier alpha value is -1.14. The highest BCUT2D eigenvalue weighted by Gasteiger charge is 2.22. The van der Waals surface area contributed by atoms with Crippen molar-refractivity contribution in [2.24, 2.45) is 5.92 Å². The van der Waals surface area contributed by atoms with E-state index in [1.54, 1.807) is 0 Å². The van der Waals surface area contributed by atoms with E-state index in [4.69, 9.17) is 5.11 Å². The predicted molar refractivity (Wildman–Crippen MR) is 80.1 cm³/mol. The van der Waals surface area contributed by atoms with E-state index in [1.807, 2.05) is 4.90 Å². The molecule has 0 spiro atoms. The molecule has 0 radical (unpaired) electrons. The second-order valence-corrected chi connectivity index (χ2v) is 6.12. The van der Waals surface area contributed by atoms with Crippen LogP contribution < -0.4 is 5.32 Å². The topological polar surface area (TPSA) is 72.9 Å². The third-order valence-corrected chi connectivity index (χ3v) is 4.53. The molecule has 2 aliphatic heterocycles. The summed E-state index contributed by atoms with van der Waals surface area (Å²) in [5.41, 5.74) is 0. The quantitative estimate of drug-likeness (QED) is 0.742. The first-order valence-corrected chi connectivity index (χ1v) is 8.08. The highest BCUT2D eigenvalue weighted by molar-refractivity contribution is 5.76. The summed E-state index contributed by atoms with van der Waals surface area (Å²) in [6, 6.07) is 0. The molecule has 1 atom stereocenters. The molecule has 0 bridgehead atoms. The minimum absolute atomic E-state index is 0.183. The van der Waals surface area contributed by atoms with Gasteiger partial charge in [-0.3, -0.25) is 14.5 Å². The third kappa shape index (κ3) is 5.63. The number of carboxylic acids is 1. The van der Waals surface area contributed by atoms with E-state index in [0.29, 0.717) is 18.9 Å². The molecule has 2 rings (SSSR count). The van der Waals surface area contributed by atoms with Crippen molar-refractivity contribution >= 4 is 11.9 Å². The summed E-state index contributed by atoms with van der Waals surface area (Å²) in [5, 5.41) is 12.1. The summed E-state index contributed by atoms with van der Waals surface area (Å²) in [5.74, 6) is 0.160. The number of hydrogen-bond donors (Lipinski definition) is 2. The fraction of sp³-hybridized carbons (Fsp3) is 0.867. The second-order valence-electron chi connectivity index (χ2n) is 6.12. The normalized spacial score (nSPS) is 24.0. The molecular formula is C15H27N3O3. The van der Waals surface area contributed by atoms with Crippen LogP contribution in [0.4, 0.5) is 0 Å². The van der Waals surface area contributed by atoms with E-state index in [1.165, 1.54) is 12.8 Å².